The Balaban J connectivity index is 1.58. The summed E-state index contributed by atoms with van der Waals surface area (Å²) in [6.45, 7) is 2.00. The summed E-state index contributed by atoms with van der Waals surface area (Å²) in [6.07, 6.45) is 2.22. The predicted molar refractivity (Wildman–Crippen MR) is 88.5 cm³/mol. The maximum absolute atomic E-state index is 13.5. The topological polar surface area (TPSA) is 59.8 Å². The van der Waals surface area contributed by atoms with Crippen molar-refractivity contribution in [3.63, 3.8) is 0 Å². The largest absolute Gasteiger partial charge is 0.352 e. The molecule has 1 N–H and O–H groups in total. The van der Waals surface area contributed by atoms with Gasteiger partial charge in [0.05, 0.1) is 17.6 Å². The number of carbonyl (C=O) groups is 1. The van der Waals surface area contributed by atoms with Gasteiger partial charge in [0.2, 0.25) is 0 Å². The van der Waals surface area contributed by atoms with Crippen LogP contribution < -0.4 is 5.32 Å². The number of amides is 1. The van der Waals surface area contributed by atoms with Crippen molar-refractivity contribution in [2.75, 3.05) is 6.54 Å². The smallest absolute Gasteiger partial charge is 0.251 e. The zero-order valence-electron chi connectivity index (χ0n) is 13.2. The molecule has 0 aliphatic rings. The SMILES string of the molecule is Cc1c(F)cccc1C(=O)NCCc1cnn(-c2ccccc2)n1. The Morgan fingerprint density at radius 3 is 2.75 bits per heavy atom. The van der Waals surface area contributed by atoms with Crippen LogP contribution in [-0.4, -0.2) is 27.4 Å². The second kappa shape index (κ2) is 7.04. The van der Waals surface area contributed by atoms with Gasteiger partial charge in [-0.05, 0) is 36.8 Å². The summed E-state index contributed by atoms with van der Waals surface area (Å²) in [7, 11) is 0. The number of para-hydroxylation sites is 1. The summed E-state index contributed by atoms with van der Waals surface area (Å²) < 4.78 is 13.5. The Hall–Kier alpha value is -3.02. The Kier molecular flexibility index (Phi) is 4.65. The molecule has 5 nitrogen and oxygen atoms in total. The minimum Gasteiger partial charge on any atom is -0.352 e. The molecule has 0 saturated carbocycles. The van der Waals surface area contributed by atoms with Crippen LogP contribution in [0.2, 0.25) is 0 Å². The number of benzene rings is 2. The average molecular weight is 324 g/mol. The van der Waals surface area contributed by atoms with Crippen LogP contribution in [0, 0.1) is 12.7 Å². The molecule has 1 aromatic heterocycles. The third kappa shape index (κ3) is 3.48. The first-order valence-corrected chi connectivity index (χ1v) is 7.65. The number of rotatable bonds is 5. The first kappa shape index (κ1) is 15.9. The van der Waals surface area contributed by atoms with Gasteiger partial charge in [-0.2, -0.15) is 15.0 Å². The second-order valence-electron chi connectivity index (χ2n) is 5.38. The van der Waals surface area contributed by atoms with E-state index in [2.05, 4.69) is 15.5 Å². The van der Waals surface area contributed by atoms with Gasteiger partial charge in [0, 0.05) is 18.5 Å². The van der Waals surface area contributed by atoms with E-state index in [9.17, 15) is 9.18 Å². The van der Waals surface area contributed by atoms with E-state index in [0.717, 1.165) is 11.4 Å². The third-order valence-electron chi connectivity index (χ3n) is 3.71. The van der Waals surface area contributed by atoms with E-state index in [4.69, 9.17) is 0 Å². The van der Waals surface area contributed by atoms with Crippen LogP contribution in [-0.2, 0) is 6.42 Å². The predicted octanol–water partition coefficient (Wildman–Crippen LogP) is 2.69. The average Bonchev–Trinajstić information content (AvgIpc) is 3.07. The quantitative estimate of drug-likeness (QED) is 0.785. The van der Waals surface area contributed by atoms with Crippen molar-refractivity contribution in [1.82, 2.24) is 20.3 Å². The van der Waals surface area contributed by atoms with Gasteiger partial charge in [0.1, 0.15) is 5.82 Å². The fraction of sp³-hybridized carbons (Fsp3) is 0.167. The van der Waals surface area contributed by atoms with E-state index < -0.39 is 0 Å². The molecule has 1 heterocycles. The molecule has 0 radical (unpaired) electrons. The lowest BCUT2D eigenvalue weighted by molar-refractivity contribution is 0.0953. The van der Waals surface area contributed by atoms with Crippen LogP contribution in [0.1, 0.15) is 21.6 Å². The monoisotopic (exact) mass is 324 g/mol. The minimum atomic E-state index is -0.381. The molecule has 0 fully saturated rings. The number of hydrogen-bond donors (Lipinski definition) is 1. The molecule has 1 amide bonds. The molecule has 6 heteroatoms. The Labute approximate surface area is 139 Å². The van der Waals surface area contributed by atoms with Crippen LogP contribution in [0.4, 0.5) is 4.39 Å². The number of aromatic nitrogens is 3. The second-order valence-corrected chi connectivity index (χ2v) is 5.38. The summed E-state index contributed by atoms with van der Waals surface area (Å²) in [5, 5.41) is 11.4. The summed E-state index contributed by atoms with van der Waals surface area (Å²) in [6, 6.07) is 14.1. The number of hydrogen-bond acceptors (Lipinski definition) is 3. The number of halogens is 1. The molecule has 0 aliphatic heterocycles. The van der Waals surface area contributed by atoms with Gasteiger partial charge in [-0.1, -0.05) is 24.3 Å². The summed E-state index contributed by atoms with van der Waals surface area (Å²) in [5.41, 5.74) is 2.35. The molecule has 24 heavy (non-hydrogen) atoms. The Morgan fingerprint density at radius 2 is 1.96 bits per heavy atom. The van der Waals surface area contributed by atoms with Crippen molar-refractivity contribution in [3.8, 4) is 5.69 Å². The fourth-order valence-corrected chi connectivity index (χ4v) is 2.35. The number of carbonyl (C=O) groups excluding carboxylic acids is 1. The zero-order chi connectivity index (χ0) is 16.9. The number of nitrogens with one attached hydrogen (secondary N) is 1. The van der Waals surface area contributed by atoms with Gasteiger partial charge in [0.15, 0.2) is 0 Å². The zero-order valence-corrected chi connectivity index (χ0v) is 13.2. The molecule has 0 atom stereocenters. The summed E-state index contributed by atoms with van der Waals surface area (Å²) in [5.74, 6) is -0.670. The summed E-state index contributed by atoms with van der Waals surface area (Å²) >= 11 is 0. The molecule has 0 spiro atoms. The Bertz CT molecular complexity index is 845. The van der Waals surface area contributed by atoms with Crippen molar-refractivity contribution in [2.24, 2.45) is 0 Å². The molecule has 2 aromatic carbocycles. The lowest BCUT2D eigenvalue weighted by Crippen LogP contribution is -2.26. The van der Waals surface area contributed by atoms with Gasteiger partial charge in [-0.25, -0.2) is 4.39 Å². The normalized spacial score (nSPS) is 10.6. The van der Waals surface area contributed by atoms with Crippen LogP contribution in [0.25, 0.3) is 5.69 Å². The van der Waals surface area contributed by atoms with Gasteiger partial charge in [0.25, 0.3) is 5.91 Å². The van der Waals surface area contributed by atoms with E-state index in [1.165, 1.54) is 12.1 Å². The van der Waals surface area contributed by atoms with E-state index in [0.29, 0.717) is 24.1 Å². The third-order valence-corrected chi connectivity index (χ3v) is 3.71. The maximum Gasteiger partial charge on any atom is 0.251 e. The van der Waals surface area contributed by atoms with Crippen molar-refractivity contribution in [3.05, 3.63) is 77.4 Å². The highest BCUT2D eigenvalue weighted by Crippen LogP contribution is 2.11. The van der Waals surface area contributed by atoms with Crippen molar-refractivity contribution in [2.45, 2.75) is 13.3 Å². The molecule has 0 bridgehead atoms. The van der Waals surface area contributed by atoms with Crippen LogP contribution in [0.15, 0.2) is 54.7 Å². The summed E-state index contributed by atoms with van der Waals surface area (Å²) in [4.78, 5) is 13.7. The van der Waals surface area contributed by atoms with E-state index in [1.54, 1.807) is 24.0 Å². The molecule has 122 valence electrons. The van der Waals surface area contributed by atoms with Crippen molar-refractivity contribution >= 4 is 5.91 Å². The van der Waals surface area contributed by atoms with Crippen molar-refractivity contribution in [1.29, 1.82) is 0 Å². The van der Waals surface area contributed by atoms with Crippen LogP contribution in [0.3, 0.4) is 0 Å². The highest BCUT2D eigenvalue weighted by molar-refractivity contribution is 5.95. The van der Waals surface area contributed by atoms with E-state index in [-0.39, 0.29) is 11.7 Å². The van der Waals surface area contributed by atoms with E-state index >= 15 is 0 Å². The highest BCUT2D eigenvalue weighted by atomic mass is 19.1. The number of nitrogens with zero attached hydrogens (tertiary/aromatic N) is 3. The first-order valence-electron chi connectivity index (χ1n) is 7.65. The fourth-order valence-electron chi connectivity index (χ4n) is 2.35. The van der Waals surface area contributed by atoms with E-state index in [1.807, 2.05) is 30.3 Å². The molecular weight excluding hydrogens is 307 g/mol. The maximum atomic E-state index is 13.5. The molecular formula is C18H17FN4O. The van der Waals surface area contributed by atoms with Crippen LogP contribution in [0.5, 0.6) is 0 Å². The van der Waals surface area contributed by atoms with Gasteiger partial charge in [-0.3, -0.25) is 4.79 Å². The molecule has 0 unspecified atom stereocenters. The van der Waals surface area contributed by atoms with Gasteiger partial charge >= 0.3 is 0 Å². The van der Waals surface area contributed by atoms with Crippen molar-refractivity contribution < 1.29 is 9.18 Å². The Morgan fingerprint density at radius 1 is 1.17 bits per heavy atom. The highest BCUT2D eigenvalue weighted by Gasteiger charge is 2.11. The standard InChI is InChI=1S/C18H17FN4O/c1-13-16(8-5-9-17(13)19)18(24)20-11-10-14-12-21-23(22-14)15-6-3-2-4-7-15/h2-9,12H,10-11H2,1H3,(H,20,24). The molecule has 3 aromatic rings. The minimum absolute atomic E-state index is 0.289. The van der Waals surface area contributed by atoms with Gasteiger partial charge < -0.3 is 5.32 Å². The lowest BCUT2D eigenvalue weighted by Gasteiger charge is -2.07. The first-order chi connectivity index (χ1) is 11.6. The van der Waals surface area contributed by atoms with Gasteiger partial charge in [-0.15, -0.1) is 0 Å². The lowest BCUT2D eigenvalue weighted by atomic mass is 10.1. The molecule has 0 saturated heterocycles. The molecule has 0 aliphatic carbocycles. The van der Waals surface area contributed by atoms with Crippen LogP contribution >= 0.6 is 0 Å². The molecule has 3 rings (SSSR count).